The van der Waals surface area contributed by atoms with Crippen molar-refractivity contribution in [2.45, 2.75) is 111 Å². The van der Waals surface area contributed by atoms with Crippen LogP contribution in [0.3, 0.4) is 0 Å². The number of aliphatic hydroxyl groups excluding tert-OH is 2. The molecule has 0 aromatic heterocycles. The number of rotatable bonds is 5. The first-order valence-corrected chi connectivity index (χ1v) is 13.0. The van der Waals surface area contributed by atoms with Gasteiger partial charge in [0.25, 0.3) is 0 Å². The highest BCUT2D eigenvalue weighted by molar-refractivity contribution is 5.75. The van der Waals surface area contributed by atoms with Crippen LogP contribution in [0.5, 0.6) is 0 Å². The van der Waals surface area contributed by atoms with Gasteiger partial charge in [-0.3, -0.25) is 0 Å². The summed E-state index contributed by atoms with van der Waals surface area (Å²) in [5, 5.41) is 22.2. The third kappa shape index (κ3) is 3.41. The summed E-state index contributed by atoms with van der Waals surface area (Å²) in [6, 6.07) is 0. The SMILES string of the molecule is CC[C@H]1[C@@H](O)[C@@H]2[C@H](CC[C@]3(C)[C@@H](C(C)CCC(C)=O)CC[C@@H]23)[C@@]2(C)CC[C@@H](O)C[C@@H]12. The number of Topliss-reactive ketones (excluding diaryl/α,β-unsaturated/α-hetero) is 1. The van der Waals surface area contributed by atoms with Crippen LogP contribution in [0.15, 0.2) is 0 Å². The lowest BCUT2D eigenvalue weighted by molar-refractivity contribution is -0.203. The molecule has 0 amide bonds. The van der Waals surface area contributed by atoms with Crippen molar-refractivity contribution >= 4 is 5.78 Å². The van der Waals surface area contributed by atoms with Gasteiger partial charge in [-0.1, -0.05) is 34.1 Å². The molecule has 0 saturated heterocycles. The van der Waals surface area contributed by atoms with Crippen LogP contribution in [0.25, 0.3) is 0 Å². The maximum atomic E-state index is 11.7. The van der Waals surface area contributed by atoms with Gasteiger partial charge in [0.1, 0.15) is 5.78 Å². The second-order valence-corrected chi connectivity index (χ2v) is 12.3. The maximum absolute atomic E-state index is 11.7. The molecule has 0 aliphatic heterocycles. The van der Waals surface area contributed by atoms with Crippen LogP contribution in [0.1, 0.15) is 98.8 Å². The van der Waals surface area contributed by atoms with Gasteiger partial charge in [0.2, 0.25) is 0 Å². The second-order valence-electron chi connectivity index (χ2n) is 12.3. The van der Waals surface area contributed by atoms with Crippen molar-refractivity contribution in [2.75, 3.05) is 0 Å². The molecule has 11 atom stereocenters. The van der Waals surface area contributed by atoms with Crippen LogP contribution in [0, 0.1) is 52.3 Å². The summed E-state index contributed by atoms with van der Waals surface area (Å²) in [5.74, 6) is 4.06. The maximum Gasteiger partial charge on any atom is 0.129 e. The molecule has 1 unspecified atom stereocenters. The minimum Gasteiger partial charge on any atom is -0.393 e. The molecule has 4 fully saturated rings. The highest BCUT2D eigenvalue weighted by Crippen LogP contribution is 2.69. The van der Waals surface area contributed by atoms with E-state index in [0.717, 1.165) is 32.1 Å². The molecule has 3 nitrogen and oxygen atoms in total. The molecule has 0 spiro atoms. The van der Waals surface area contributed by atoms with E-state index >= 15 is 0 Å². The fraction of sp³-hybridized carbons (Fsp3) is 0.963. The van der Waals surface area contributed by atoms with Gasteiger partial charge in [0, 0.05) is 6.42 Å². The molecule has 0 radical (unpaired) electrons. The Hall–Kier alpha value is -0.410. The lowest BCUT2D eigenvalue weighted by Gasteiger charge is -2.64. The predicted molar refractivity (Wildman–Crippen MR) is 121 cm³/mol. The Morgan fingerprint density at radius 3 is 2.33 bits per heavy atom. The minimum absolute atomic E-state index is 0.173. The molecule has 0 heterocycles. The van der Waals surface area contributed by atoms with Crippen LogP contribution >= 0.6 is 0 Å². The Morgan fingerprint density at radius 1 is 1.00 bits per heavy atom. The predicted octanol–water partition coefficient (Wildman–Crippen LogP) is 5.62. The van der Waals surface area contributed by atoms with Gasteiger partial charge >= 0.3 is 0 Å². The Bertz CT molecular complexity index is 646. The number of hydrogen-bond donors (Lipinski definition) is 2. The van der Waals surface area contributed by atoms with Crippen molar-refractivity contribution < 1.29 is 15.0 Å². The van der Waals surface area contributed by atoms with Gasteiger partial charge in [0.15, 0.2) is 0 Å². The van der Waals surface area contributed by atoms with E-state index in [4.69, 9.17) is 0 Å². The zero-order chi connectivity index (χ0) is 21.8. The van der Waals surface area contributed by atoms with Crippen LogP contribution in [0.2, 0.25) is 0 Å². The van der Waals surface area contributed by atoms with Crippen LogP contribution in [-0.4, -0.2) is 28.2 Å². The van der Waals surface area contributed by atoms with E-state index in [2.05, 4.69) is 27.7 Å². The third-order valence-electron chi connectivity index (χ3n) is 11.1. The van der Waals surface area contributed by atoms with E-state index in [1.165, 1.54) is 25.7 Å². The Morgan fingerprint density at radius 2 is 1.67 bits per heavy atom. The molecule has 0 bridgehead atoms. The molecular formula is C27H46O3. The third-order valence-corrected chi connectivity index (χ3v) is 11.1. The largest absolute Gasteiger partial charge is 0.393 e. The standard InChI is InChI=1S/C27H46O3/c1-6-19-23-15-18(29)11-13-27(23,5)22-12-14-26(4)20(16(2)7-8-17(3)28)9-10-21(26)24(22)25(19)30/h16,18-25,29-30H,6-15H2,1-5H3/t16?,18-,19-,20-,21+,22+,23+,24+,25-,26-,27-/m1/s1. The second kappa shape index (κ2) is 8.18. The van der Waals surface area contributed by atoms with Gasteiger partial charge in [-0.05, 0) is 111 Å². The zero-order valence-corrected chi connectivity index (χ0v) is 20.1. The zero-order valence-electron chi connectivity index (χ0n) is 20.1. The average molecular weight is 419 g/mol. The van der Waals surface area contributed by atoms with Gasteiger partial charge in [-0.2, -0.15) is 0 Å². The minimum atomic E-state index is -0.209. The van der Waals surface area contributed by atoms with E-state index in [1.807, 2.05) is 0 Å². The monoisotopic (exact) mass is 418 g/mol. The van der Waals surface area contributed by atoms with E-state index in [9.17, 15) is 15.0 Å². The lowest BCUT2D eigenvalue weighted by Crippen LogP contribution is -2.62. The number of fused-ring (bicyclic) bond motifs is 5. The molecule has 30 heavy (non-hydrogen) atoms. The normalized spacial score (nSPS) is 51.6. The van der Waals surface area contributed by atoms with Crippen LogP contribution in [-0.2, 0) is 4.79 Å². The van der Waals surface area contributed by atoms with Crippen molar-refractivity contribution in [3.63, 3.8) is 0 Å². The summed E-state index contributed by atoms with van der Waals surface area (Å²) < 4.78 is 0. The number of carbonyl (C=O) groups excluding carboxylic acids is 1. The first-order valence-electron chi connectivity index (χ1n) is 13.0. The quantitative estimate of drug-likeness (QED) is 0.609. The molecule has 0 aromatic rings. The van der Waals surface area contributed by atoms with Gasteiger partial charge in [-0.15, -0.1) is 0 Å². The van der Waals surface area contributed by atoms with Crippen molar-refractivity contribution in [1.82, 2.24) is 0 Å². The molecule has 4 saturated carbocycles. The first-order chi connectivity index (χ1) is 14.1. The number of ketones is 1. The topological polar surface area (TPSA) is 57.5 Å². The summed E-state index contributed by atoms with van der Waals surface area (Å²) in [6.45, 7) is 11.4. The van der Waals surface area contributed by atoms with E-state index in [0.29, 0.717) is 59.0 Å². The number of hydrogen-bond acceptors (Lipinski definition) is 3. The Kier molecular flexibility index (Phi) is 6.21. The molecule has 2 N–H and O–H groups in total. The summed E-state index contributed by atoms with van der Waals surface area (Å²) >= 11 is 0. The Balaban J connectivity index is 1.61. The Labute approximate surface area is 184 Å². The number of carbonyl (C=O) groups is 1. The highest BCUT2D eigenvalue weighted by Gasteiger charge is 2.64. The molecule has 3 heteroatoms. The van der Waals surface area contributed by atoms with Crippen molar-refractivity contribution in [2.24, 2.45) is 52.3 Å². The van der Waals surface area contributed by atoms with Crippen molar-refractivity contribution in [3.8, 4) is 0 Å². The fourth-order valence-electron chi connectivity index (χ4n) is 9.56. The van der Waals surface area contributed by atoms with E-state index in [1.54, 1.807) is 6.92 Å². The molecule has 4 aliphatic carbocycles. The van der Waals surface area contributed by atoms with Gasteiger partial charge < -0.3 is 15.0 Å². The molecule has 172 valence electrons. The smallest absolute Gasteiger partial charge is 0.129 e. The summed E-state index contributed by atoms with van der Waals surface area (Å²) in [5.41, 5.74) is 0.595. The highest BCUT2D eigenvalue weighted by atomic mass is 16.3. The number of aliphatic hydroxyl groups is 2. The van der Waals surface area contributed by atoms with Crippen molar-refractivity contribution in [1.29, 1.82) is 0 Å². The summed E-state index contributed by atoms with van der Waals surface area (Å²) in [4.78, 5) is 11.6. The summed E-state index contributed by atoms with van der Waals surface area (Å²) in [7, 11) is 0. The molecular weight excluding hydrogens is 372 g/mol. The fourth-order valence-corrected chi connectivity index (χ4v) is 9.56. The van der Waals surface area contributed by atoms with Gasteiger partial charge in [0.05, 0.1) is 12.2 Å². The van der Waals surface area contributed by atoms with Gasteiger partial charge in [-0.25, -0.2) is 0 Å². The van der Waals surface area contributed by atoms with Crippen LogP contribution in [0.4, 0.5) is 0 Å². The van der Waals surface area contributed by atoms with E-state index < -0.39 is 0 Å². The molecule has 4 rings (SSSR count). The molecule has 4 aliphatic rings. The average Bonchev–Trinajstić information content (AvgIpc) is 3.05. The van der Waals surface area contributed by atoms with Crippen LogP contribution < -0.4 is 0 Å². The van der Waals surface area contributed by atoms with Crippen molar-refractivity contribution in [3.05, 3.63) is 0 Å². The molecule has 0 aromatic carbocycles. The lowest BCUT2D eigenvalue weighted by atomic mass is 9.41. The first kappa shape index (κ1) is 22.8. The van der Waals surface area contributed by atoms with E-state index in [-0.39, 0.29) is 17.6 Å². The summed E-state index contributed by atoms with van der Waals surface area (Å²) in [6.07, 6.45) is 10.4.